The summed E-state index contributed by atoms with van der Waals surface area (Å²) in [7, 11) is 1.47. The fourth-order valence-corrected chi connectivity index (χ4v) is 6.47. The van der Waals surface area contributed by atoms with E-state index in [1.165, 1.54) is 36.4 Å². The number of ether oxygens (including phenoxy) is 2. The van der Waals surface area contributed by atoms with Crippen LogP contribution in [-0.4, -0.2) is 50.7 Å². The monoisotopic (exact) mass is 654 g/mol. The highest BCUT2D eigenvalue weighted by atomic mass is 35.5. The first-order valence-electron chi connectivity index (χ1n) is 13.4. The number of pyridine rings is 1. The van der Waals surface area contributed by atoms with Gasteiger partial charge in [-0.1, -0.05) is 59.8 Å². The number of nitrogens with zero attached hydrogens (tertiary/aromatic N) is 5. The fraction of sp³-hybridized carbons (Fsp3) is 0.0625. The van der Waals surface area contributed by atoms with Gasteiger partial charge in [-0.3, -0.25) is 14.3 Å². The molecule has 224 valence electrons. The number of hydrogen-bond donors (Lipinski definition) is 1. The Morgan fingerprint density at radius 1 is 1.00 bits per heavy atom. The van der Waals surface area contributed by atoms with Crippen molar-refractivity contribution in [3.63, 3.8) is 0 Å². The number of thioether (sulfide) groups is 1. The lowest BCUT2D eigenvalue weighted by atomic mass is 10.2. The number of aromatic nitrogens is 4. The van der Waals surface area contributed by atoms with Gasteiger partial charge in [0.25, 0.3) is 5.91 Å². The third-order valence-electron chi connectivity index (χ3n) is 6.43. The molecule has 6 aromatic rings. The first kappa shape index (κ1) is 30.0. The van der Waals surface area contributed by atoms with Gasteiger partial charge in [-0.25, -0.2) is 10.2 Å². The maximum atomic E-state index is 12.9. The van der Waals surface area contributed by atoms with E-state index >= 15 is 0 Å². The van der Waals surface area contributed by atoms with E-state index in [1.807, 2.05) is 71.3 Å². The van der Waals surface area contributed by atoms with E-state index in [-0.39, 0.29) is 17.4 Å². The number of fused-ring (bicyclic) bond motifs is 1. The van der Waals surface area contributed by atoms with Crippen LogP contribution in [0.5, 0.6) is 11.5 Å². The van der Waals surface area contributed by atoms with Crippen LogP contribution in [0.15, 0.2) is 108 Å². The Balaban J connectivity index is 1.09. The van der Waals surface area contributed by atoms with E-state index in [4.69, 9.17) is 21.1 Å². The van der Waals surface area contributed by atoms with Gasteiger partial charge in [-0.2, -0.15) is 5.10 Å². The van der Waals surface area contributed by atoms with E-state index in [2.05, 4.69) is 25.7 Å². The zero-order valence-corrected chi connectivity index (χ0v) is 26.0. The largest absolute Gasteiger partial charge is 0.493 e. The summed E-state index contributed by atoms with van der Waals surface area (Å²) >= 11 is 8.93. The molecular formula is C32H23ClN6O4S2. The number of amides is 1. The van der Waals surface area contributed by atoms with Crippen molar-refractivity contribution in [3.05, 3.63) is 113 Å². The van der Waals surface area contributed by atoms with Crippen LogP contribution in [0.1, 0.15) is 15.2 Å². The summed E-state index contributed by atoms with van der Waals surface area (Å²) < 4.78 is 13.8. The van der Waals surface area contributed by atoms with Gasteiger partial charge in [0.2, 0.25) is 0 Å². The highest BCUT2D eigenvalue weighted by Gasteiger charge is 2.21. The van der Waals surface area contributed by atoms with Gasteiger partial charge < -0.3 is 9.47 Å². The molecule has 6 rings (SSSR count). The van der Waals surface area contributed by atoms with Crippen molar-refractivity contribution in [1.29, 1.82) is 0 Å². The number of hydrogen-bond acceptors (Lipinski definition) is 10. The van der Waals surface area contributed by atoms with Crippen molar-refractivity contribution < 1.29 is 19.1 Å². The standard InChI is InChI=1S/C32H23ClN6O4S2/c1-42-25-17-20(11-12-24(25)43-31(41)29-28(33)23-9-5-6-10-26(23)45-29)18-35-36-27(40)19-44-32-38-37-30(21-13-15-34-16-14-21)39(32)22-7-3-2-4-8-22/h2-18H,19H2,1H3,(H,36,40). The Morgan fingerprint density at radius 2 is 1.78 bits per heavy atom. The van der Waals surface area contributed by atoms with Crippen LogP contribution in [-0.2, 0) is 4.79 Å². The van der Waals surface area contributed by atoms with Crippen LogP contribution in [0, 0.1) is 0 Å². The lowest BCUT2D eigenvalue weighted by Crippen LogP contribution is -2.20. The van der Waals surface area contributed by atoms with Crippen LogP contribution in [0.4, 0.5) is 0 Å². The van der Waals surface area contributed by atoms with Crippen molar-refractivity contribution >= 4 is 62.9 Å². The van der Waals surface area contributed by atoms with Gasteiger partial charge in [0.15, 0.2) is 22.5 Å². The molecule has 0 fully saturated rings. The quantitative estimate of drug-likeness (QED) is 0.0572. The van der Waals surface area contributed by atoms with Gasteiger partial charge >= 0.3 is 5.97 Å². The van der Waals surface area contributed by atoms with Crippen molar-refractivity contribution in [2.24, 2.45) is 5.10 Å². The minimum Gasteiger partial charge on any atom is -0.493 e. The Morgan fingerprint density at radius 3 is 2.56 bits per heavy atom. The zero-order valence-electron chi connectivity index (χ0n) is 23.6. The highest BCUT2D eigenvalue weighted by molar-refractivity contribution is 7.99. The molecule has 45 heavy (non-hydrogen) atoms. The topological polar surface area (TPSA) is 121 Å². The molecule has 0 unspecified atom stereocenters. The van der Waals surface area contributed by atoms with E-state index in [1.54, 1.807) is 30.6 Å². The Hall–Kier alpha value is -5.04. The first-order chi connectivity index (χ1) is 22.0. The van der Waals surface area contributed by atoms with Crippen LogP contribution < -0.4 is 14.9 Å². The molecule has 1 amide bonds. The second-order valence-corrected chi connectivity index (χ2v) is 11.7. The molecule has 0 aliphatic heterocycles. The summed E-state index contributed by atoms with van der Waals surface area (Å²) in [6.45, 7) is 0. The van der Waals surface area contributed by atoms with Crippen molar-refractivity contribution in [2.45, 2.75) is 5.16 Å². The maximum absolute atomic E-state index is 12.9. The first-order valence-corrected chi connectivity index (χ1v) is 15.6. The molecule has 3 heterocycles. The molecule has 0 aliphatic rings. The molecule has 0 saturated heterocycles. The summed E-state index contributed by atoms with van der Waals surface area (Å²) in [5.41, 5.74) is 4.86. The normalized spacial score (nSPS) is 11.2. The Kier molecular flexibility index (Phi) is 9.15. The van der Waals surface area contributed by atoms with Gasteiger partial charge in [-0.15, -0.1) is 21.5 Å². The number of thiophene rings is 1. The predicted octanol–water partition coefficient (Wildman–Crippen LogP) is 6.67. The molecule has 1 N–H and O–H groups in total. The Bertz CT molecular complexity index is 2010. The number of methoxy groups -OCH3 is 1. The van der Waals surface area contributed by atoms with E-state index in [0.29, 0.717) is 32.2 Å². The van der Waals surface area contributed by atoms with E-state index in [0.717, 1.165) is 21.3 Å². The second-order valence-electron chi connectivity index (χ2n) is 9.34. The number of esters is 1. The molecule has 0 saturated carbocycles. The van der Waals surface area contributed by atoms with Gasteiger partial charge in [0.1, 0.15) is 4.88 Å². The molecule has 0 bridgehead atoms. The smallest absolute Gasteiger partial charge is 0.355 e. The number of hydrazone groups is 1. The van der Waals surface area contributed by atoms with Gasteiger partial charge in [0.05, 0.1) is 24.1 Å². The third kappa shape index (κ3) is 6.73. The summed E-state index contributed by atoms with van der Waals surface area (Å²) in [6.07, 6.45) is 4.85. The lowest BCUT2D eigenvalue weighted by Gasteiger charge is -2.10. The number of para-hydroxylation sites is 1. The van der Waals surface area contributed by atoms with Crippen LogP contribution >= 0.6 is 34.7 Å². The van der Waals surface area contributed by atoms with Gasteiger partial charge in [0, 0.05) is 33.7 Å². The summed E-state index contributed by atoms with van der Waals surface area (Å²) in [5, 5.41) is 14.5. The average Bonchev–Trinajstić information content (AvgIpc) is 3.66. The SMILES string of the molecule is COc1cc(C=NNC(=O)CSc2nnc(-c3ccncc3)n2-c2ccccc2)ccc1OC(=O)c1sc2ccccc2c1Cl. The number of nitrogens with one attached hydrogen (secondary N) is 1. The summed E-state index contributed by atoms with van der Waals surface area (Å²) in [4.78, 5) is 29.9. The second kappa shape index (κ2) is 13.7. The average molecular weight is 655 g/mol. The number of carbonyl (C=O) groups excluding carboxylic acids is 2. The fourth-order valence-electron chi connectivity index (χ4n) is 4.34. The van der Waals surface area contributed by atoms with E-state index in [9.17, 15) is 9.59 Å². The lowest BCUT2D eigenvalue weighted by molar-refractivity contribution is -0.118. The summed E-state index contributed by atoms with van der Waals surface area (Å²) in [6, 6.07) is 25.8. The summed E-state index contributed by atoms with van der Waals surface area (Å²) in [5.74, 6) is 0.319. The molecule has 3 aromatic heterocycles. The molecule has 10 nitrogen and oxygen atoms in total. The number of rotatable bonds is 10. The molecule has 0 atom stereocenters. The van der Waals surface area contributed by atoms with Crippen LogP contribution in [0.2, 0.25) is 5.02 Å². The Labute approximate surface area is 270 Å². The predicted molar refractivity (Wildman–Crippen MR) is 176 cm³/mol. The molecule has 0 spiro atoms. The van der Waals surface area contributed by atoms with Crippen molar-refractivity contribution in [2.75, 3.05) is 12.9 Å². The minimum absolute atomic E-state index is 0.0527. The molecule has 0 aliphatic carbocycles. The minimum atomic E-state index is -0.582. The van der Waals surface area contributed by atoms with Crippen molar-refractivity contribution in [1.82, 2.24) is 25.2 Å². The van der Waals surface area contributed by atoms with Crippen LogP contribution in [0.3, 0.4) is 0 Å². The zero-order chi connectivity index (χ0) is 31.2. The highest BCUT2D eigenvalue weighted by Crippen LogP contribution is 2.37. The van der Waals surface area contributed by atoms with Crippen molar-refractivity contribution in [3.8, 4) is 28.6 Å². The van der Waals surface area contributed by atoms with Crippen LogP contribution in [0.25, 0.3) is 27.2 Å². The molecule has 0 radical (unpaired) electrons. The third-order valence-corrected chi connectivity index (χ3v) is 9.02. The number of halogens is 1. The molecular weight excluding hydrogens is 632 g/mol. The maximum Gasteiger partial charge on any atom is 0.355 e. The van der Waals surface area contributed by atoms with Gasteiger partial charge in [-0.05, 0) is 54.1 Å². The molecule has 3 aromatic carbocycles. The number of benzene rings is 3. The number of carbonyl (C=O) groups is 2. The molecule has 13 heteroatoms. The van der Waals surface area contributed by atoms with E-state index < -0.39 is 5.97 Å².